The zero-order valence-corrected chi connectivity index (χ0v) is 10.1. The number of fused-ring (bicyclic) bond motifs is 1. The predicted octanol–water partition coefficient (Wildman–Crippen LogP) is 1.34. The molecule has 0 spiro atoms. The molecule has 98 valence electrons. The van der Waals surface area contributed by atoms with E-state index < -0.39 is 17.8 Å². The van der Waals surface area contributed by atoms with Crippen molar-refractivity contribution in [2.75, 3.05) is 14.2 Å². The minimum atomic E-state index is -0.848. The van der Waals surface area contributed by atoms with E-state index >= 15 is 0 Å². The van der Waals surface area contributed by atoms with Gasteiger partial charge in [0.25, 0.3) is 0 Å². The third kappa shape index (κ3) is 2.35. The molecule has 0 amide bonds. The molecule has 1 aromatic carbocycles. The third-order valence-corrected chi connectivity index (χ3v) is 2.38. The summed E-state index contributed by atoms with van der Waals surface area (Å²) in [4.78, 5) is 31.0. The van der Waals surface area contributed by atoms with Gasteiger partial charge in [0, 0.05) is 6.07 Å². The van der Waals surface area contributed by atoms with Gasteiger partial charge < -0.3 is 9.47 Å². The lowest BCUT2D eigenvalue weighted by Crippen LogP contribution is -2.16. The van der Waals surface area contributed by atoms with Gasteiger partial charge in [0.15, 0.2) is 11.4 Å². The van der Waals surface area contributed by atoms with Crippen LogP contribution >= 0.6 is 0 Å². The molecule has 1 heterocycles. The number of benzene rings is 1. The van der Waals surface area contributed by atoms with Gasteiger partial charge in [-0.25, -0.2) is 23.9 Å². The summed E-state index contributed by atoms with van der Waals surface area (Å²) in [5, 5.41) is 0. The second-order valence-electron chi connectivity index (χ2n) is 3.54. The van der Waals surface area contributed by atoms with Gasteiger partial charge in [0.05, 0.1) is 25.3 Å². The van der Waals surface area contributed by atoms with E-state index in [1.54, 1.807) is 0 Å². The van der Waals surface area contributed by atoms with Crippen molar-refractivity contribution < 1.29 is 23.5 Å². The molecule has 2 aromatic rings. The van der Waals surface area contributed by atoms with Gasteiger partial charge in [0.1, 0.15) is 5.82 Å². The maximum absolute atomic E-state index is 13.1. The number of halogens is 1. The van der Waals surface area contributed by atoms with E-state index in [1.165, 1.54) is 12.1 Å². The molecule has 0 N–H and O–H groups in total. The number of ether oxygens (including phenoxy) is 2. The minimum Gasteiger partial charge on any atom is -0.464 e. The predicted molar refractivity (Wildman–Crippen MR) is 62.2 cm³/mol. The summed E-state index contributed by atoms with van der Waals surface area (Å²) >= 11 is 0. The quantitative estimate of drug-likeness (QED) is 0.762. The van der Waals surface area contributed by atoms with Gasteiger partial charge in [0.2, 0.25) is 0 Å². The van der Waals surface area contributed by atoms with Gasteiger partial charge in [-0.1, -0.05) is 0 Å². The van der Waals surface area contributed by atoms with Crippen LogP contribution in [0.1, 0.15) is 21.0 Å². The summed E-state index contributed by atoms with van der Waals surface area (Å²) in [6.45, 7) is 0. The number of methoxy groups -OCH3 is 2. The lowest BCUT2D eigenvalue weighted by molar-refractivity contribution is 0.0545. The van der Waals surface area contributed by atoms with Crippen LogP contribution in [0.3, 0.4) is 0 Å². The Morgan fingerprint density at radius 2 is 1.53 bits per heavy atom. The third-order valence-electron chi connectivity index (χ3n) is 2.38. The number of hydrogen-bond acceptors (Lipinski definition) is 6. The standard InChI is InChI=1S/C12H9FN2O4/c1-18-11(16)9-10(12(17)19-2)15-8-5-6(13)3-4-7(8)14-9/h3-5H,1-2H3. The van der Waals surface area contributed by atoms with E-state index in [0.29, 0.717) is 0 Å². The highest BCUT2D eigenvalue weighted by Gasteiger charge is 2.23. The molecular weight excluding hydrogens is 255 g/mol. The number of carbonyl (C=O) groups is 2. The summed E-state index contributed by atoms with van der Waals surface area (Å²) in [5.41, 5.74) is -0.164. The van der Waals surface area contributed by atoms with Crippen LogP contribution in [0.5, 0.6) is 0 Å². The van der Waals surface area contributed by atoms with Crippen molar-refractivity contribution in [1.82, 2.24) is 9.97 Å². The van der Waals surface area contributed by atoms with E-state index in [0.717, 1.165) is 20.3 Å². The number of carbonyl (C=O) groups excluding carboxylic acids is 2. The topological polar surface area (TPSA) is 78.4 Å². The van der Waals surface area contributed by atoms with Crippen molar-refractivity contribution in [3.05, 3.63) is 35.4 Å². The highest BCUT2D eigenvalue weighted by atomic mass is 19.1. The number of rotatable bonds is 2. The zero-order valence-electron chi connectivity index (χ0n) is 10.1. The molecular formula is C12H9FN2O4. The monoisotopic (exact) mass is 264 g/mol. The van der Waals surface area contributed by atoms with Crippen LogP contribution in [0.2, 0.25) is 0 Å². The summed E-state index contributed by atoms with van der Waals surface area (Å²) in [5.74, 6) is -2.19. The van der Waals surface area contributed by atoms with Crippen molar-refractivity contribution >= 4 is 23.0 Å². The molecule has 0 radical (unpaired) electrons. The molecule has 19 heavy (non-hydrogen) atoms. The largest absolute Gasteiger partial charge is 0.464 e. The first-order valence-electron chi connectivity index (χ1n) is 5.20. The van der Waals surface area contributed by atoms with Crippen molar-refractivity contribution in [3.63, 3.8) is 0 Å². The molecule has 2 rings (SSSR count). The highest BCUT2D eigenvalue weighted by Crippen LogP contribution is 2.16. The van der Waals surface area contributed by atoms with Crippen molar-refractivity contribution in [3.8, 4) is 0 Å². The lowest BCUT2D eigenvalue weighted by Gasteiger charge is -2.06. The zero-order chi connectivity index (χ0) is 14.0. The molecule has 7 heteroatoms. The Bertz CT molecular complexity index is 672. The first-order chi connectivity index (χ1) is 9.06. The first-order valence-corrected chi connectivity index (χ1v) is 5.20. The Morgan fingerprint density at radius 3 is 2.05 bits per heavy atom. The van der Waals surface area contributed by atoms with Crippen LogP contribution < -0.4 is 0 Å². The summed E-state index contributed by atoms with van der Waals surface area (Å²) in [6.07, 6.45) is 0. The number of aromatic nitrogens is 2. The van der Waals surface area contributed by atoms with Gasteiger partial charge in [-0.2, -0.15) is 0 Å². The Hall–Kier alpha value is -2.57. The highest BCUT2D eigenvalue weighted by molar-refractivity contribution is 6.02. The molecule has 0 atom stereocenters. The van der Waals surface area contributed by atoms with Crippen molar-refractivity contribution in [2.24, 2.45) is 0 Å². The van der Waals surface area contributed by atoms with Crippen LogP contribution in [-0.2, 0) is 9.47 Å². The molecule has 6 nitrogen and oxygen atoms in total. The first kappa shape index (κ1) is 12.9. The summed E-state index contributed by atoms with van der Waals surface area (Å²) in [7, 11) is 2.29. The fourth-order valence-electron chi connectivity index (χ4n) is 1.51. The van der Waals surface area contributed by atoms with E-state index in [2.05, 4.69) is 19.4 Å². The van der Waals surface area contributed by atoms with Gasteiger partial charge in [-0.05, 0) is 12.1 Å². The SMILES string of the molecule is COC(=O)c1nc2ccc(F)cc2nc1C(=O)OC. The van der Waals surface area contributed by atoms with E-state index in [1.807, 2.05) is 0 Å². The van der Waals surface area contributed by atoms with Crippen LogP contribution in [0.15, 0.2) is 18.2 Å². The van der Waals surface area contributed by atoms with Gasteiger partial charge >= 0.3 is 11.9 Å². The molecule has 1 aromatic heterocycles. The van der Waals surface area contributed by atoms with Crippen molar-refractivity contribution in [2.45, 2.75) is 0 Å². The second-order valence-corrected chi connectivity index (χ2v) is 3.54. The molecule has 0 aliphatic rings. The maximum Gasteiger partial charge on any atom is 0.359 e. The summed E-state index contributed by atoms with van der Waals surface area (Å²) in [6, 6.07) is 3.64. The van der Waals surface area contributed by atoms with Crippen LogP contribution in [0.25, 0.3) is 11.0 Å². The van der Waals surface area contributed by atoms with Gasteiger partial charge in [-0.3, -0.25) is 0 Å². The number of nitrogens with zero attached hydrogens (tertiary/aromatic N) is 2. The Labute approximate surface area is 107 Å². The average Bonchev–Trinajstić information content (AvgIpc) is 2.44. The fraction of sp³-hybridized carbons (Fsp3) is 0.167. The second kappa shape index (κ2) is 4.97. The average molecular weight is 264 g/mol. The molecule has 0 aliphatic heterocycles. The maximum atomic E-state index is 13.1. The molecule has 0 unspecified atom stereocenters. The fourth-order valence-corrected chi connectivity index (χ4v) is 1.51. The number of hydrogen-bond donors (Lipinski definition) is 0. The molecule has 0 saturated carbocycles. The van der Waals surface area contributed by atoms with E-state index in [4.69, 9.17) is 0 Å². The Balaban J connectivity index is 2.73. The minimum absolute atomic E-state index is 0.146. The molecule has 0 aliphatic carbocycles. The van der Waals surface area contributed by atoms with Crippen LogP contribution in [0.4, 0.5) is 4.39 Å². The normalized spacial score (nSPS) is 10.3. The van der Waals surface area contributed by atoms with Crippen LogP contribution in [-0.4, -0.2) is 36.1 Å². The van der Waals surface area contributed by atoms with E-state index in [-0.39, 0.29) is 22.4 Å². The number of esters is 2. The molecule has 0 fully saturated rings. The van der Waals surface area contributed by atoms with Crippen LogP contribution in [0, 0.1) is 5.82 Å². The van der Waals surface area contributed by atoms with Crippen molar-refractivity contribution in [1.29, 1.82) is 0 Å². The van der Waals surface area contributed by atoms with E-state index in [9.17, 15) is 14.0 Å². The molecule has 0 bridgehead atoms. The van der Waals surface area contributed by atoms with Gasteiger partial charge in [-0.15, -0.1) is 0 Å². The smallest absolute Gasteiger partial charge is 0.359 e. The summed E-state index contributed by atoms with van der Waals surface area (Å²) < 4.78 is 22.1. The molecule has 0 saturated heterocycles. The Kier molecular flexibility index (Phi) is 3.37. The lowest BCUT2D eigenvalue weighted by atomic mass is 10.2. The Morgan fingerprint density at radius 1 is 1.00 bits per heavy atom.